The lowest BCUT2D eigenvalue weighted by Crippen LogP contribution is -2.48. The predicted octanol–water partition coefficient (Wildman–Crippen LogP) is 1.68. The SMILES string of the molecule is COc1ccc2oc(C)c(C(=O)N3CCO[C@@H](C(=O)O)C3)c2c1. The van der Waals surface area contributed by atoms with Crippen LogP contribution in [0, 0.1) is 6.92 Å². The van der Waals surface area contributed by atoms with Crippen LogP contribution in [0.3, 0.4) is 0 Å². The molecule has 0 spiro atoms. The first-order chi connectivity index (χ1) is 11.0. The molecule has 3 rings (SSSR count). The van der Waals surface area contributed by atoms with Crippen LogP contribution < -0.4 is 4.74 Å². The lowest BCUT2D eigenvalue weighted by Gasteiger charge is -2.30. The molecule has 0 radical (unpaired) electrons. The van der Waals surface area contributed by atoms with Crippen LogP contribution in [0.5, 0.6) is 5.75 Å². The van der Waals surface area contributed by atoms with Gasteiger partial charge in [-0.2, -0.15) is 0 Å². The molecule has 1 aromatic carbocycles. The number of ether oxygens (including phenoxy) is 2. The second-order valence-electron chi connectivity index (χ2n) is 5.34. The van der Waals surface area contributed by atoms with Gasteiger partial charge in [0.15, 0.2) is 6.10 Å². The largest absolute Gasteiger partial charge is 0.497 e. The van der Waals surface area contributed by atoms with Gasteiger partial charge in [0, 0.05) is 11.9 Å². The molecule has 2 aromatic rings. The Morgan fingerprint density at radius 2 is 2.17 bits per heavy atom. The van der Waals surface area contributed by atoms with E-state index < -0.39 is 12.1 Å². The Balaban J connectivity index is 1.97. The quantitative estimate of drug-likeness (QED) is 0.926. The van der Waals surface area contributed by atoms with Gasteiger partial charge in [0.25, 0.3) is 5.91 Å². The zero-order chi connectivity index (χ0) is 16.6. The van der Waals surface area contributed by atoms with Crippen molar-refractivity contribution in [3.05, 3.63) is 29.5 Å². The van der Waals surface area contributed by atoms with Crippen molar-refractivity contribution in [1.82, 2.24) is 4.90 Å². The van der Waals surface area contributed by atoms with E-state index in [1.54, 1.807) is 32.2 Å². The number of carbonyl (C=O) groups excluding carboxylic acids is 1. The van der Waals surface area contributed by atoms with Crippen molar-refractivity contribution in [3.63, 3.8) is 0 Å². The van der Waals surface area contributed by atoms with Gasteiger partial charge in [0.2, 0.25) is 0 Å². The molecule has 1 aromatic heterocycles. The molecule has 1 atom stereocenters. The molecule has 7 heteroatoms. The third kappa shape index (κ3) is 2.75. The number of furan rings is 1. The predicted molar refractivity (Wildman–Crippen MR) is 80.8 cm³/mol. The van der Waals surface area contributed by atoms with E-state index in [2.05, 4.69) is 0 Å². The van der Waals surface area contributed by atoms with Gasteiger partial charge < -0.3 is 23.9 Å². The fourth-order valence-electron chi connectivity index (χ4n) is 2.73. The third-order valence-electron chi connectivity index (χ3n) is 3.91. The summed E-state index contributed by atoms with van der Waals surface area (Å²) >= 11 is 0. The summed E-state index contributed by atoms with van der Waals surface area (Å²) in [5.74, 6) is -0.212. The van der Waals surface area contributed by atoms with Crippen LogP contribution >= 0.6 is 0 Å². The van der Waals surface area contributed by atoms with Crippen LogP contribution in [0.15, 0.2) is 22.6 Å². The lowest BCUT2D eigenvalue weighted by atomic mass is 10.1. The van der Waals surface area contributed by atoms with Gasteiger partial charge in [-0.25, -0.2) is 4.79 Å². The van der Waals surface area contributed by atoms with Crippen molar-refractivity contribution >= 4 is 22.8 Å². The van der Waals surface area contributed by atoms with Gasteiger partial charge in [-0.05, 0) is 25.1 Å². The lowest BCUT2D eigenvalue weighted by molar-refractivity contribution is -0.154. The molecular weight excluding hydrogens is 302 g/mol. The molecule has 23 heavy (non-hydrogen) atoms. The zero-order valence-electron chi connectivity index (χ0n) is 12.9. The van der Waals surface area contributed by atoms with Crippen molar-refractivity contribution in [1.29, 1.82) is 0 Å². The van der Waals surface area contributed by atoms with Crippen molar-refractivity contribution in [3.8, 4) is 5.75 Å². The molecule has 122 valence electrons. The second kappa shape index (κ2) is 5.92. The van der Waals surface area contributed by atoms with E-state index in [9.17, 15) is 9.59 Å². The van der Waals surface area contributed by atoms with E-state index in [0.29, 0.717) is 34.6 Å². The maximum atomic E-state index is 12.8. The molecule has 0 saturated carbocycles. The summed E-state index contributed by atoms with van der Waals surface area (Å²) in [6.07, 6.45) is -0.999. The highest BCUT2D eigenvalue weighted by molar-refractivity contribution is 6.07. The molecule has 1 amide bonds. The van der Waals surface area contributed by atoms with E-state index in [1.165, 1.54) is 4.90 Å². The minimum absolute atomic E-state index is 0.0181. The summed E-state index contributed by atoms with van der Waals surface area (Å²) in [7, 11) is 1.55. The standard InChI is InChI=1S/C16H17NO6/c1-9-14(11-7-10(21-2)3-4-12(11)23-9)15(18)17-5-6-22-13(8-17)16(19)20/h3-4,7,13H,5-6,8H2,1-2H3,(H,19,20)/t13-/m1/s1. The number of fused-ring (bicyclic) bond motifs is 1. The number of carboxylic acids is 1. The van der Waals surface area contributed by atoms with Crippen LogP contribution in [-0.2, 0) is 9.53 Å². The number of aliphatic carboxylic acids is 1. The minimum Gasteiger partial charge on any atom is -0.497 e. The van der Waals surface area contributed by atoms with Crippen LogP contribution in [0.4, 0.5) is 0 Å². The Morgan fingerprint density at radius 3 is 2.87 bits per heavy atom. The summed E-state index contributed by atoms with van der Waals surface area (Å²) in [6.45, 7) is 2.28. The molecule has 1 aliphatic heterocycles. The van der Waals surface area contributed by atoms with Crippen LogP contribution in [0.1, 0.15) is 16.1 Å². The first kappa shape index (κ1) is 15.4. The molecule has 1 aliphatic rings. The number of nitrogens with zero attached hydrogens (tertiary/aromatic N) is 1. The number of hydrogen-bond donors (Lipinski definition) is 1. The fraction of sp³-hybridized carbons (Fsp3) is 0.375. The van der Waals surface area contributed by atoms with E-state index in [-0.39, 0.29) is 19.1 Å². The van der Waals surface area contributed by atoms with Gasteiger partial charge >= 0.3 is 5.97 Å². The van der Waals surface area contributed by atoms with Gasteiger partial charge in [-0.15, -0.1) is 0 Å². The van der Waals surface area contributed by atoms with E-state index >= 15 is 0 Å². The first-order valence-electron chi connectivity index (χ1n) is 7.22. The van der Waals surface area contributed by atoms with Crippen LogP contribution in [-0.4, -0.2) is 54.8 Å². The van der Waals surface area contributed by atoms with Gasteiger partial charge in [-0.3, -0.25) is 4.79 Å². The number of methoxy groups -OCH3 is 1. The number of carboxylic acid groups (broad SMARTS) is 1. The Bertz CT molecular complexity index is 765. The van der Waals surface area contributed by atoms with Gasteiger partial charge in [0.05, 0.1) is 25.8 Å². The van der Waals surface area contributed by atoms with Gasteiger partial charge in [-0.1, -0.05) is 0 Å². The number of morpholine rings is 1. The van der Waals surface area contributed by atoms with Crippen molar-refractivity contribution < 1.29 is 28.6 Å². The summed E-state index contributed by atoms with van der Waals surface area (Å²) < 4.78 is 16.0. The molecule has 2 heterocycles. The molecule has 1 saturated heterocycles. The third-order valence-corrected chi connectivity index (χ3v) is 3.91. The maximum absolute atomic E-state index is 12.8. The number of aryl methyl sites for hydroxylation is 1. The monoisotopic (exact) mass is 319 g/mol. The van der Waals surface area contributed by atoms with Crippen LogP contribution in [0.2, 0.25) is 0 Å². The summed E-state index contributed by atoms with van der Waals surface area (Å²) in [4.78, 5) is 25.4. The molecular formula is C16H17NO6. The molecule has 0 unspecified atom stereocenters. The van der Waals surface area contributed by atoms with Crippen molar-refractivity contribution in [2.75, 3.05) is 26.8 Å². The number of carbonyl (C=O) groups is 2. The van der Waals surface area contributed by atoms with Crippen molar-refractivity contribution in [2.45, 2.75) is 13.0 Å². The van der Waals surface area contributed by atoms with E-state index in [0.717, 1.165) is 0 Å². The highest BCUT2D eigenvalue weighted by Gasteiger charge is 2.31. The molecule has 0 bridgehead atoms. The fourth-order valence-corrected chi connectivity index (χ4v) is 2.73. The molecule has 1 fully saturated rings. The van der Waals surface area contributed by atoms with Crippen LogP contribution in [0.25, 0.3) is 11.0 Å². The Labute approximate surface area is 132 Å². The summed E-state index contributed by atoms with van der Waals surface area (Å²) in [5, 5.41) is 9.72. The highest BCUT2D eigenvalue weighted by Crippen LogP contribution is 2.30. The normalized spacial score (nSPS) is 18.2. The summed E-state index contributed by atoms with van der Waals surface area (Å²) in [5.41, 5.74) is 1.03. The number of hydrogen-bond acceptors (Lipinski definition) is 5. The number of amides is 1. The average molecular weight is 319 g/mol. The average Bonchev–Trinajstić information content (AvgIpc) is 2.89. The smallest absolute Gasteiger partial charge is 0.334 e. The molecule has 7 nitrogen and oxygen atoms in total. The molecule has 1 N–H and O–H groups in total. The minimum atomic E-state index is -1.07. The number of rotatable bonds is 3. The van der Waals surface area contributed by atoms with Gasteiger partial charge in [0.1, 0.15) is 17.1 Å². The van der Waals surface area contributed by atoms with Crippen molar-refractivity contribution in [2.24, 2.45) is 0 Å². The maximum Gasteiger partial charge on any atom is 0.334 e. The first-order valence-corrected chi connectivity index (χ1v) is 7.22. The zero-order valence-corrected chi connectivity index (χ0v) is 12.9. The summed E-state index contributed by atoms with van der Waals surface area (Å²) in [6, 6.07) is 5.25. The highest BCUT2D eigenvalue weighted by atomic mass is 16.5. The molecule has 0 aliphatic carbocycles. The van der Waals surface area contributed by atoms with E-state index in [4.69, 9.17) is 19.0 Å². The Hall–Kier alpha value is -2.54. The van der Waals surface area contributed by atoms with E-state index in [1.807, 2.05) is 0 Å². The topological polar surface area (TPSA) is 89.2 Å². The Kier molecular flexibility index (Phi) is 3.96. The number of benzene rings is 1. The second-order valence-corrected chi connectivity index (χ2v) is 5.34. The Morgan fingerprint density at radius 1 is 1.39 bits per heavy atom.